The third kappa shape index (κ3) is 3.63. The Labute approximate surface area is 138 Å². The Morgan fingerprint density at radius 1 is 1.17 bits per heavy atom. The van der Waals surface area contributed by atoms with E-state index < -0.39 is 0 Å². The second-order valence-electron chi connectivity index (χ2n) is 5.16. The minimum atomic E-state index is -0.254. The number of carbonyl (C=O) groups is 2. The van der Waals surface area contributed by atoms with Gasteiger partial charge in [0.2, 0.25) is 0 Å². The number of hydrogen-bond donors (Lipinski definition) is 0. The van der Waals surface area contributed by atoms with Gasteiger partial charge in [0.05, 0.1) is 17.7 Å². The molecule has 1 saturated heterocycles. The molecule has 116 valence electrons. The molecule has 0 aliphatic carbocycles. The Morgan fingerprint density at radius 3 is 2.65 bits per heavy atom. The van der Waals surface area contributed by atoms with E-state index in [0.717, 1.165) is 22.9 Å². The highest BCUT2D eigenvalue weighted by molar-refractivity contribution is 8.18. The molecule has 0 N–H and O–H groups in total. The first-order chi connectivity index (χ1) is 11.1. The minimum Gasteiger partial charge on any atom is -0.465 e. The predicted molar refractivity (Wildman–Crippen MR) is 90.4 cm³/mol. The molecule has 2 heterocycles. The summed E-state index contributed by atoms with van der Waals surface area (Å²) in [5.74, 6) is 0.457. The summed E-state index contributed by atoms with van der Waals surface area (Å²) in [4.78, 5) is 26.2. The molecule has 4 nitrogen and oxygen atoms in total. The quantitative estimate of drug-likeness (QED) is 0.779. The molecule has 2 aromatic rings. The summed E-state index contributed by atoms with van der Waals surface area (Å²) in [6.07, 6.45) is 5.14. The third-order valence-electron chi connectivity index (χ3n) is 3.33. The summed E-state index contributed by atoms with van der Waals surface area (Å²) in [5, 5.41) is -0.240. The van der Waals surface area contributed by atoms with Crippen molar-refractivity contribution in [2.24, 2.45) is 0 Å². The first kappa shape index (κ1) is 15.4. The Bertz CT molecular complexity index is 776. The molecular formula is C18H15NO3S. The van der Waals surface area contributed by atoms with E-state index in [-0.39, 0.29) is 11.1 Å². The van der Waals surface area contributed by atoms with Gasteiger partial charge in [0.25, 0.3) is 11.1 Å². The van der Waals surface area contributed by atoms with Crippen LogP contribution in [0.4, 0.5) is 4.79 Å². The van der Waals surface area contributed by atoms with E-state index >= 15 is 0 Å². The van der Waals surface area contributed by atoms with Gasteiger partial charge in [0, 0.05) is 0 Å². The molecule has 0 saturated carbocycles. The van der Waals surface area contributed by atoms with Crippen LogP contribution in [0.15, 0.2) is 69.7 Å². The van der Waals surface area contributed by atoms with Crippen LogP contribution in [0, 0.1) is 0 Å². The average Bonchev–Trinajstić information content (AvgIpc) is 3.12. The van der Waals surface area contributed by atoms with E-state index in [2.05, 4.69) is 0 Å². The lowest BCUT2D eigenvalue weighted by Gasteiger charge is -2.12. The van der Waals surface area contributed by atoms with Crippen LogP contribution in [0.5, 0.6) is 0 Å². The zero-order chi connectivity index (χ0) is 16.2. The lowest BCUT2D eigenvalue weighted by Crippen LogP contribution is -2.27. The van der Waals surface area contributed by atoms with Crippen molar-refractivity contribution in [3.05, 3.63) is 76.6 Å². The minimum absolute atomic E-state index is 0.240. The largest absolute Gasteiger partial charge is 0.465 e. The van der Waals surface area contributed by atoms with E-state index in [1.165, 1.54) is 4.90 Å². The van der Waals surface area contributed by atoms with E-state index in [1.54, 1.807) is 18.4 Å². The summed E-state index contributed by atoms with van der Waals surface area (Å²) in [6.45, 7) is 2.16. The monoisotopic (exact) mass is 325 g/mol. The van der Waals surface area contributed by atoms with Crippen molar-refractivity contribution in [2.75, 3.05) is 0 Å². The van der Waals surface area contributed by atoms with Gasteiger partial charge in [-0.05, 0) is 54.1 Å². The molecule has 0 radical (unpaired) electrons. The molecule has 5 heteroatoms. The molecule has 1 fully saturated rings. The van der Waals surface area contributed by atoms with Gasteiger partial charge in [-0.3, -0.25) is 14.5 Å². The Balaban J connectivity index is 1.77. The fourth-order valence-electron chi connectivity index (χ4n) is 2.25. The average molecular weight is 325 g/mol. The standard InChI is InChI=1S/C18H15NO3S/c1-13(10-15-8-5-9-22-15)11-16-17(20)19(18(21)23-16)12-14-6-3-2-4-7-14/h2-11H,12H2,1H3/b13-10+,16-11-. The fourth-order valence-corrected chi connectivity index (χ4v) is 3.14. The highest BCUT2D eigenvalue weighted by atomic mass is 32.2. The molecule has 0 spiro atoms. The highest BCUT2D eigenvalue weighted by Gasteiger charge is 2.34. The van der Waals surface area contributed by atoms with Crippen molar-refractivity contribution in [3.63, 3.8) is 0 Å². The maximum atomic E-state index is 12.4. The number of allylic oxidation sites excluding steroid dienone is 2. The Hall–Kier alpha value is -2.53. The second kappa shape index (κ2) is 6.71. The fraction of sp³-hybridized carbons (Fsp3) is 0.111. The lowest BCUT2D eigenvalue weighted by molar-refractivity contribution is -0.123. The smallest absolute Gasteiger partial charge is 0.293 e. The third-order valence-corrected chi connectivity index (χ3v) is 4.24. The van der Waals surface area contributed by atoms with Crippen LogP contribution in [0.2, 0.25) is 0 Å². The Morgan fingerprint density at radius 2 is 1.96 bits per heavy atom. The van der Waals surface area contributed by atoms with Crippen LogP contribution in [0.3, 0.4) is 0 Å². The van der Waals surface area contributed by atoms with Gasteiger partial charge in [0.1, 0.15) is 5.76 Å². The van der Waals surface area contributed by atoms with Crippen molar-refractivity contribution in [2.45, 2.75) is 13.5 Å². The molecule has 0 unspecified atom stereocenters. The topological polar surface area (TPSA) is 50.5 Å². The van der Waals surface area contributed by atoms with Crippen molar-refractivity contribution >= 4 is 29.0 Å². The normalized spacial score (nSPS) is 17.3. The van der Waals surface area contributed by atoms with Gasteiger partial charge >= 0.3 is 0 Å². The summed E-state index contributed by atoms with van der Waals surface area (Å²) in [5.41, 5.74) is 1.78. The zero-order valence-corrected chi connectivity index (χ0v) is 13.4. The zero-order valence-electron chi connectivity index (χ0n) is 12.6. The molecule has 3 rings (SSSR count). The van der Waals surface area contributed by atoms with E-state index in [9.17, 15) is 9.59 Å². The van der Waals surface area contributed by atoms with Crippen LogP contribution in [0.1, 0.15) is 18.2 Å². The number of carbonyl (C=O) groups excluding carboxylic acids is 2. The second-order valence-corrected chi connectivity index (χ2v) is 6.15. The van der Waals surface area contributed by atoms with Gasteiger partial charge < -0.3 is 4.42 Å². The lowest BCUT2D eigenvalue weighted by atomic mass is 10.2. The highest BCUT2D eigenvalue weighted by Crippen LogP contribution is 2.32. The van der Waals surface area contributed by atoms with Gasteiger partial charge in [-0.1, -0.05) is 30.3 Å². The molecular weight excluding hydrogens is 310 g/mol. The molecule has 1 aromatic carbocycles. The number of nitrogens with zero attached hydrogens (tertiary/aromatic N) is 1. The number of thioether (sulfide) groups is 1. The van der Waals surface area contributed by atoms with Gasteiger partial charge in [-0.15, -0.1) is 0 Å². The number of rotatable bonds is 4. The first-order valence-electron chi connectivity index (χ1n) is 7.14. The van der Waals surface area contributed by atoms with E-state index in [4.69, 9.17) is 4.42 Å². The molecule has 0 atom stereocenters. The maximum Gasteiger partial charge on any atom is 0.293 e. The summed E-state index contributed by atoms with van der Waals surface area (Å²) in [6, 6.07) is 13.1. The summed E-state index contributed by atoms with van der Waals surface area (Å²) in [7, 11) is 0. The molecule has 2 amide bonds. The van der Waals surface area contributed by atoms with Crippen LogP contribution in [0.25, 0.3) is 6.08 Å². The molecule has 0 bridgehead atoms. The van der Waals surface area contributed by atoms with Crippen molar-refractivity contribution in [1.82, 2.24) is 4.90 Å². The van der Waals surface area contributed by atoms with Crippen molar-refractivity contribution in [1.29, 1.82) is 0 Å². The first-order valence-corrected chi connectivity index (χ1v) is 7.96. The van der Waals surface area contributed by atoms with E-state index in [1.807, 2.05) is 49.4 Å². The van der Waals surface area contributed by atoms with E-state index in [0.29, 0.717) is 17.2 Å². The number of amides is 2. The Kier molecular flexibility index (Phi) is 4.48. The van der Waals surface area contributed by atoms with Crippen LogP contribution >= 0.6 is 11.8 Å². The van der Waals surface area contributed by atoms with Gasteiger partial charge in [-0.2, -0.15) is 0 Å². The molecule has 1 aliphatic heterocycles. The number of hydrogen-bond acceptors (Lipinski definition) is 4. The van der Waals surface area contributed by atoms with Crippen molar-refractivity contribution in [3.8, 4) is 0 Å². The number of furan rings is 1. The number of imide groups is 1. The summed E-state index contributed by atoms with van der Waals surface area (Å²) < 4.78 is 5.24. The predicted octanol–water partition coefficient (Wildman–Crippen LogP) is 4.46. The maximum absolute atomic E-state index is 12.4. The molecule has 1 aromatic heterocycles. The molecule has 1 aliphatic rings. The van der Waals surface area contributed by atoms with Crippen LogP contribution < -0.4 is 0 Å². The van der Waals surface area contributed by atoms with Crippen LogP contribution in [-0.2, 0) is 11.3 Å². The van der Waals surface area contributed by atoms with Gasteiger partial charge in [0.15, 0.2) is 0 Å². The van der Waals surface area contributed by atoms with Gasteiger partial charge in [-0.25, -0.2) is 0 Å². The van der Waals surface area contributed by atoms with Crippen LogP contribution in [-0.4, -0.2) is 16.0 Å². The number of benzene rings is 1. The van der Waals surface area contributed by atoms with Crippen molar-refractivity contribution < 1.29 is 14.0 Å². The SMILES string of the molecule is CC(/C=C1\SC(=O)N(Cc2ccccc2)C1=O)=C\c1ccco1. The molecule has 23 heavy (non-hydrogen) atoms. The summed E-state index contributed by atoms with van der Waals surface area (Å²) >= 11 is 0.969.